The molecule has 3 aromatic carbocycles. The number of hydrogen-bond acceptors (Lipinski definition) is 3. The lowest BCUT2D eigenvalue weighted by molar-refractivity contribution is 0.0642. The van der Waals surface area contributed by atoms with E-state index in [0.717, 1.165) is 29.7 Å². The average Bonchev–Trinajstić information content (AvgIpc) is 3.03. The van der Waals surface area contributed by atoms with E-state index in [4.69, 9.17) is 0 Å². The number of anilines is 1. The second-order valence-corrected chi connectivity index (χ2v) is 7.63. The number of carbonyl (C=O) groups excluding carboxylic acids is 3. The lowest BCUT2D eigenvalue weighted by Crippen LogP contribution is -2.35. The van der Waals surface area contributed by atoms with Crippen LogP contribution in [0, 0.1) is 0 Å². The summed E-state index contributed by atoms with van der Waals surface area (Å²) in [6, 6.07) is 22.1. The van der Waals surface area contributed by atoms with Crippen molar-refractivity contribution in [1.29, 1.82) is 0 Å². The highest BCUT2D eigenvalue weighted by molar-refractivity contribution is 6.22. The van der Waals surface area contributed by atoms with Crippen molar-refractivity contribution in [2.75, 3.05) is 11.4 Å². The van der Waals surface area contributed by atoms with Crippen LogP contribution in [0.2, 0.25) is 0 Å². The number of carbonyl (C=O) groups is 3. The summed E-state index contributed by atoms with van der Waals surface area (Å²) in [6.07, 6.45) is 1.85. The molecule has 3 amide bonds. The first-order chi connectivity index (χ1) is 14.6. The topological polar surface area (TPSA) is 57.7 Å². The van der Waals surface area contributed by atoms with Crippen LogP contribution in [0.5, 0.6) is 0 Å². The third-order valence-electron chi connectivity index (χ3n) is 5.76. The molecule has 0 saturated heterocycles. The number of imide groups is 1. The number of benzene rings is 3. The Morgan fingerprint density at radius 2 is 1.57 bits per heavy atom. The summed E-state index contributed by atoms with van der Waals surface area (Å²) in [6.45, 7) is 0.857. The Balaban J connectivity index is 1.44. The molecule has 0 aromatic heterocycles. The molecular formula is C25H20N2O3. The van der Waals surface area contributed by atoms with Crippen molar-refractivity contribution in [3.05, 3.63) is 101 Å². The fraction of sp³-hybridized carbons (Fsp3) is 0.160. The molecule has 2 heterocycles. The number of aryl methyl sites for hydroxylation is 1. The van der Waals surface area contributed by atoms with E-state index in [2.05, 4.69) is 0 Å². The van der Waals surface area contributed by atoms with Crippen molar-refractivity contribution in [2.24, 2.45) is 0 Å². The van der Waals surface area contributed by atoms with Gasteiger partial charge in [0.2, 0.25) is 0 Å². The van der Waals surface area contributed by atoms with E-state index < -0.39 is 0 Å². The normalized spacial score (nSPS) is 15.2. The first-order valence-electron chi connectivity index (χ1n) is 10.1. The molecule has 2 aliphatic heterocycles. The van der Waals surface area contributed by atoms with Gasteiger partial charge in [-0.15, -0.1) is 0 Å². The maximum absolute atomic E-state index is 13.2. The van der Waals surface area contributed by atoms with Gasteiger partial charge in [-0.1, -0.05) is 48.5 Å². The summed E-state index contributed by atoms with van der Waals surface area (Å²) in [7, 11) is 0. The fourth-order valence-corrected chi connectivity index (χ4v) is 4.23. The molecule has 0 fully saturated rings. The minimum Gasteiger partial charge on any atom is -0.308 e. The zero-order valence-electron chi connectivity index (χ0n) is 16.4. The van der Waals surface area contributed by atoms with Gasteiger partial charge in [0.25, 0.3) is 17.7 Å². The minimum atomic E-state index is -0.354. The molecule has 2 aliphatic rings. The van der Waals surface area contributed by atoms with Crippen LogP contribution >= 0.6 is 0 Å². The van der Waals surface area contributed by atoms with Crippen LogP contribution in [-0.4, -0.2) is 29.2 Å². The van der Waals surface area contributed by atoms with Crippen molar-refractivity contribution in [1.82, 2.24) is 4.90 Å². The van der Waals surface area contributed by atoms with Gasteiger partial charge in [0.15, 0.2) is 0 Å². The Bertz CT molecular complexity index is 1170. The minimum absolute atomic E-state index is 0.147. The highest BCUT2D eigenvalue weighted by Gasteiger charge is 2.36. The van der Waals surface area contributed by atoms with Gasteiger partial charge in [0.05, 0.1) is 17.7 Å². The molecule has 0 aliphatic carbocycles. The molecule has 5 nitrogen and oxygen atoms in total. The van der Waals surface area contributed by atoms with Crippen LogP contribution in [0.25, 0.3) is 0 Å². The Morgan fingerprint density at radius 3 is 2.40 bits per heavy atom. The van der Waals surface area contributed by atoms with E-state index in [0.29, 0.717) is 23.2 Å². The molecule has 5 heteroatoms. The molecule has 3 aromatic rings. The van der Waals surface area contributed by atoms with E-state index in [-0.39, 0.29) is 24.3 Å². The van der Waals surface area contributed by atoms with Crippen molar-refractivity contribution in [3.63, 3.8) is 0 Å². The quantitative estimate of drug-likeness (QED) is 0.627. The van der Waals surface area contributed by atoms with Gasteiger partial charge in [0, 0.05) is 17.8 Å². The summed E-state index contributed by atoms with van der Waals surface area (Å²) < 4.78 is 0. The van der Waals surface area contributed by atoms with Crippen molar-refractivity contribution < 1.29 is 14.4 Å². The Hall–Kier alpha value is -3.73. The first kappa shape index (κ1) is 18.3. The summed E-state index contributed by atoms with van der Waals surface area (Å²) in [5, 5.41) is 0. The Labute approximate surface area is 174 Å². The fourth-order valence-electron chi connectivity index (χ4n) is 4.23. The van der Waals surface area contributed by atoms with Crippen LogP contribution < -0.4 is 4.90 Å². The number of amides is 3. The van der Waals surface area contributed by atoms with Crippen LogP contribution in [0.3, 0.4) is 0 Å². The van der Waals surface area contributed by atoms with E-state index in [9.17, 15) is 14.4 Å². The van der Waals surface area contributed by atoms with E-state index in [1.807, 2.05) is 54.6 Å². The zero-order valence-corrected chi connectivity index (χ0v) is 16.4. The van der Waals surface area contributed by atoms with Crippen molar-refractivity contribution >= 4 is 23.4 Å². The van der Waals surface area contributed by atoms with Gasteiger partial charge in [-0.3, -0.25) is 19.3 Å². The van der Waals surface area contributed by atoms with Gasteiger partial charge in [-0.25, -0.2) is 0 Å². The van der Waals surface area contributed by atoms with E-state index in [1.165, 1.54) is 4.90 Å². The highest BCUT2D eigenvalue weighted by atomic mass is 16.2. The number of rotatable bonds is 3. The predicted octanol–water partition coefficient (Wildman–Crippen LogP) is 4.08. The molecule has 5 rings (SSSR count). The summed E-state index contributed by atoms with van der Waals surface area (Å²) in [5.41, 5.74) is 4.03. The number of hydrogen-bond donors (Lipinski definition) is 0. The molecule has 0 saturated carbocycles. The highest BCUT2D eigenvalue weighted by Crippen LogP contribution is 2.30. The number of nitrogens with zero attached hydrogens (tertiary/aromatic N) is 2. The van der Waals surface area contributed by atoms with Crippen LogP contribution in [0.4, 0.5) is 5.69 Å². The van der Waals surface area contributed by atoms with Gasteiger partial charge in [0.1, 0.15) is 0 Å². The maximum atomic E-state index is 13.2. The molecule has 0 N–H and O–H groups in total. The molecule has 0 radical (unpaired) electrons. The second-order valence-electron chi connectivity index (χ2n) is 7.63. The van der Waals surface area contributed by atoms with Crippen LogP contribution in [0.15, 0.2) is 72.8 Å². The Kier molecular flexibility index (Phi) is 4.43. The summed E-state index contributed by atoms with van der Waals surface area (Å²) in [5.74, 6) is -0.819. The molecule has 0 unspecified atom stereocenters. The van der Waals surface area contributed by atoms with Crippen molar-refractivity contribution in [3.8, 4) is 0 Å². The van der Waals surface area contributed by atoms with Gasteiger partial charge >= 0.3 is 0 Å². The third-order valence-corrected chi connectivity index (χ3v) is 5.76. The molecule has 0 bridgehead atoms. The molecule has 0 spiro atoms. The molecule has 0 atom stereocenters. The van der Waals surface area contributed by atoms with Crippen LogP contribution in [0.1, 0.15) is 48.6 Å². The SMILES string of the molecule is O=C1c2ccc(C(=O)N3CCCc4ccccc43)cc2C(=O)N1Cc1ccccc1. The monoisotopic (exact) mass is 396 g/mol. The second kappa shape index (κ2) is 7.26. The van der Waals surface area contributed by atoms with Crippen molar-refractivity contribution in [2.45, 2.75) is 19.4 Å². The van der Waals surface area contributed by atoms with E-state index >= 15 is 0 Å². The zero-order chi connectivity index (χ0) is 20.7. The molecular weight excluding hydrogens is 376 g/mol. The first-order valence-corrected chi connectivity index (χ1v) is 10.1. The van der Waals surface area contributed by atoms with E-state index in [1.54, 1.807) is 23.1 Å². The summed E-state index contributed by atoms with van der Waals surface area (Å²) >= 11 is 0. The molecule has 30 heavy (non-hydrogen) atoms. The average molecular weight is 396 g/mol. The predicted molar refractivity (Wildman–Crippen MR) is 114 cm³/mol. The largest absolute Gasteiger partial charge is 0.308 e. The third kappa shape index (κ3) is 2.99. The maximum Gasteiger partial charge on any atom is 0.261 e. The Morgan fingerprint density at radius 1 is 0.833 bits per heavy atom. The number of fused-ring (bicyclic) bond motifs is 2. The summed E-state index contributed by atoms with van der Waals surface area (Å²) in [4.78, 5) is 42.0. The standard InChI is InChI=1S/C25H20N2O3/c28-23(26-14-6-10-18-9-4-5-11-22(18)26)19-12-13-20-21(15-19)25(30)27(24(20)29)16-17-7-2-1-3-8-17/h1-5,7-9,11-13,15H,6,10,14,16H2. The lowest BCUT2D eigenvalue weighted by Gasteiger charge is -2.29. The smallest absolute Gasteiger partial charge is 0.261 e. The number of para-hydroxylation sites is 1. The van der Waals surface area contributed by atoms with Gasteiger partial charge in [-0.05, 0) is 48.2 Å². The van der Waals surface area contributed by atoms with Crippen LogP contribution in [-0.2, 0) is 13.0 Å². The lowest BCUT2D eigenvalue weighted by atomic mass is 9.99. The van der Waals surface area contributed by atoms with Gasteiger partial charge in [-0.2, -0.15) is 0 Å². The van der Waals surface area contributed by atoms with Gasteiger partial charge < -0.3 is 4.90 Å². The molecule has 148 valence electrons.